The second-order valence-corrected chi connectivity index (χ2v) is 12.4. The second kappa shape index (κ2) is 7.52. The highest BCUT2D eigenvalue weighted by molar-refractivity contribution is 7.89. The first-order chi connectivity index (χ1) is 15.4. The molecular weight excluding hydrogens is 422 g/mol. The molecule has 0 unspecified atom stereocenters. The van der Waals surface area contributed by atoms with Gasteiger partial charge in [0.2, 0.25) is 15.9 Å². The number of hydrogen-bond acceptors (Lipinski definition) is 4. The van der Waals surface area contributed by atoms with Crippen LogP contribution in [-0.4, -0.2) is 54.7 Å². The van der Waals surface area contributed by atoms with E-state index >= 15 is 0 Å². The molecule has 0 N–H and O–H groups in total. The molecule has 32 heavy (non-hydrogen) atoms. The van der Waals surface area contributed by atoms with Crippen molar-refractivity contribution in [2.45, 2.75) is 43.9 Å². The first-order valence-corrected chi connectivity index (χ1v) is 13.5. The Labute approximate surface area is 190 Å². The molecule has 4 bridgehead atoms. The van der Waals surface area contributed by atoms with Crippen LogP contribution in [0.3, 0.4) is 0 Å². The van der Waals surface area contributed by atoms with Gasteiger partial charge in [0, 0.05) is 43.7 Å². The predicted molar refractivity (Wildman–Crippen MR) is 122 cm³/mol. The number of aromatic nitrogens is 1. The molecule has 2 aromatic rings. The zero-order valence-electron chi connectivity index (χ0n) is 18.6. The van der Waals surface area contributed by atoms with E-state index in [-0.39, 0.29) is 16.7 Å². The minimum Gasteiger partial charge on any atom is -0.340 e. The average Bonchev–Trinajstić information content (AvgIpc) is 2.77. The van der Waals surface area contributed by atoms with Crippen molar-refractivity contribution < 1.29 is 13.2 Å². The monoisotopic (exact) mass is 453 g/mol. The number of rotatable bonds is 3. The summed E-state index contributed by atoms with van der Waals surface area (Å²) in [5.74, 6) is 3.29. The van der Waals surface area contributed by atoms with Crippen LogP contribution in [0.5, 0.6) is 0 Å². The molecule has 0 radical (unpaired) electrons. The highest BCUT2D eigenvalue weighted by atomic mass is 32.2. The second-order valence-electron chi connectivity index (χ2n) is 10.5. The van der Waals surface area contributed by atoms with Crippen LogP contribution in [-0.2, 0) is 14.8 Å². The minimum absolute atomic E-state index is 0.177. The van der Waals surface area contributed by atoms with Crippen molar-refractivity contribution in [3.63, 3.8) is 0 Å². The van der Waals surface area contributed by atoms with E-state index in [0.717, 1.165) is 22.8 Å². The number of carbonyl (C=O) groups excluding carboxylic acids is 1. The van der Waals surface area contributed by atoms with Crippen molar-refractivity contribution in [2.24, 2.45) is 29.6 Å². The van der Waals surface area contributed by atoms with Crippen molar-refractivity contribution >= 4 is 26.8 Å². The lowest BCUT2D eigenvalue weighted by Crippen LogP contribution is -2.56. The van der Waals surface area contributed by atoms with E-state index in [1.165, 1.54) is 36.4 Å². The number of aryl methyl sites for hydroxylation is 1. The molecule has 1 saturated heterocycles. The summed E-state index contributed by atoms with van der Waals surface area (Å²) in [4.78, 5) is 20.1. The molecule has 0 spiro atoms. The number of carbonyl (C=O) groups is 1. The summed E-state index contributed by atoms with van der Waals surface area (Å²) in [6.45, 7) is 3.62. The Balaban J connectivity index is 1.18. The summed E-state index contributed by atoms with van der Waals surface area (Å²) in [6.07, 6.45) is 8.00. The summed E-state index contributed by atoms with van der Waals surface area (Å²) in [5.41, 5.74) is 1.52. The molecule has 5 aliphatic rings. The Hall–Kier alpha value is -1.99. The van der Waals surface area contributed by atoms with E-state index in [2.05, 4.69) is 4.98 Å². The van der Waals surface area contributed by atoms with E-state index in [0.29, 0.717) is 43.5 Å². The largest absolute Gasteiger partial charge is 0.340 e. The Bertz CT molecular complexity index is 1140. The first-order valence-electron chi connectivity index (χ1n) is 12.0. The summed E-state index contributed by atoms with van der Waals surface area (Å²) < 4.78 is 28.4. The van der Waals surface area contributed by atoms with Crippen LogP contribution < -0.4 is 0 Å². The van der Waals surface area contributed by atoms with Gasteiger partial charge in [-0.15, -0.1) is 0 Å². The Morgan fingerprint density at radius 1 is 0.969 bits per heavy atom. The van der Waals surface area contributed by atoms with Gasteiger partial charge >= 0.3 is 0 Å². The van der Waals surface area contributed by atoms with Crippen LogP contribution >= 0.6 is 0 Å². The number of fused-ring (bicyclic) bond motifs is 1. The number of nitrogens with zero attached hydrogens (tertiary/aromatic N) is 3. The van der Waals surface area contributed by atoms with Crippen LogP contribution in [0.15, 0.2) is 35.4 Å². The van der Waals surface area contributed by atoms with Crippen LogP contribution in [0.1, 0.15) is 37.7 Å². The fourth-order valence-corrected chi connectivity index (χ4v) is 8.87. The van der Waals surface area contributed by atoms with Gasteiger partial charge in [0.15, 0.2) is 0 Å². The predicted octanol–water partition coefficient (Wildman–Crippen LogP) is 3.45. The molecule has 4 saturated carbocycles. The number of amides is 1. The third-order valence-corrected chi connectivity index (χ3v) is 10.4. The molecule has 170 valence electrons. The highest BCUT2D eigenvalue weighted by Crippen LogP contribution is 2.56. The summed E-state index contributed by atoms with van der Waals surface area (Å²) in [7, 11) is -3.66. The third-order valence-electron chi connectivity index (χ3n) is 8.49. The molecule has 1 aliphatic heterocycles. The quantitative estimate of drug-likeness (QED) is 0.714. The maximum atomic E-state index is 13.5. The van der Waals surface area contributed by atoms with E-state index in [4.69, 9.17) is 0 Å². The lowest BCUT2D eigenvalue weighted by molar-refractivity contribution is -0.150. The molecule has 1 aromatic carbocycles. The van der Waals surface area contributed by atoms with E-state index in [1.54, 1.807) is 18.3 Å². The number of pyridine rings is 1. The van der Waals surface area contributed by atoms with Crippen LogP contribution in [0, 0.1) is 36.5 Å². The third kappa shape index (κ3) is 3.27. The van der Waals surface area contributed by atoms with Crippen molar-refractivity contribution in [3.05, 3.63) is 36.0 Å². The zero-order chi connectivity index (χ0) is 22.0. The average molecular weight is 454 g/mol. The molecule has 5 fully saturated rings. The molecule has 1 aromatic heterocycles. The van der Waals surface area contributed by atoms with Crippen LogP contribution in [0.2, 0.25) is 0 Å². The van der Waals surface area contributed by atoms with Crippen molar-refractivity contribution in [3.8, 4) is 0 Å². The minimum atomic E-state index is -3.66. The van der Waals surface area contributed by atoms with E-state index < -0.39 is 10.0 Å². The van der Waals surface area contributed by atoms with Crippen molar-refractivity contribution in [2.75, 3.05) is 26.2 Å². The lowest BCUT2D eigenvalue weighted by atomic mass is 9.51. The molecular formula is C25H31N3O3S. The highest BCUT2D eigenvalue weighted by Gasteiger charge is 2.51. The Kier molecular flexibility index (Phi) is 4.84. The van der Waals surface area contributed by atoms with Gasteiger partial charge in [-0.1, -0.05) is 12.1 Å². The first kappa shape index (κ1) is 20.6. The van der Waals surface area contributed by atoms with Crippen molar-refractivity contribution in [1.29, 1.82) is 0 Å². The SMILES string of the molecule is Cc1cnc2c(S(=O)(=O)N3CCN(C(=O)C4C5CC6CC(C5)CC4C6)CC3)cccc2c1. The van der Waals surface area contributed by atoms with Gasteiger partial charge < -0.3 is 4.90 Å². The number of para-hydroxylation sites is 1. The topological polar surface area (TPSA) is 70.6 Å². The lowest BCUT2D eigenvalue weighted by Gasteiger charge is -2.54. The normalized spacial score (nSPS) is 32.5. The van der Waals surface area contributed by atoms with Crippen LogP contribution in [0.4, 0.5) is 0 Å². The number of piperazine rings is 1. The van der Waals surface area contributed by atoms with Gasteiger partial charge in [-0.3, -0.25) is 9.78 Å². The van der Waals surface area contributed by atoms with Gasteiger partial charge in [-0.25, -0.2) is 8.42 Å². The summed E-state index contributed by atoms with van der Waals surface area (Å²) in [5, 5.41) is 0.835. The smallest absolute Gasteiger partial charge is 0.245 e. The molecule has 4 aliphatic carbocycles. The maximum Gasteiger partial charge on any atom is 0.245 e. The van der Waals surface area contributed by atoms with E-state index in [1.807, 2.05) is 24.0 Å². The molecule has 2 heterocycles. The summed E-state index contributed by atoms with van der Waals surface area (Å²) in [6, 6.07) is 7.29. The number of benzene rings is 1. The van der Waals surface area contributed by atoms with Gasteiger partial charge in [0.1, 0.15) is 4.90 Å². The standard InChI is InChI=1S/C25H31N3O3S/c1-16-9-19-3-2-4-22(24(19)26-15-16)32(30,31)28-7-5-27(6-8-28)25(29)23-20-11-17-10-18(13-20)14-21(23)12-17/h2-4,9,15,17-18,20-21,23H,5-8,10-14H2,1H3. The number of sulfonamides is 1. The zero-order valence-corrected chi connectivity index (χ0v) is 19.4. The van der Waals surface area contributed by atoms with E-state index in [9.17, 15) is 13.2 Å². The van der Waals surface area contributed by atoms with Crippen LogP contribution in [0.25, 0.3) is 10.9 Å². The molecule has 7 heteroatoms. The Morgan fingerprint density at radius 3 is 2.28 bits per heavy atom. The van der Waals surface area contributed by atoms with Gasteiger partial charge in [0.25, 0.3) is 0 Å². The van der Waals surface area contributed by atoms with Crippen molar-refractivity contribution in [1.82, 2.24) is 14.2 Å². The van der Waals surface area contributed by atoms with Gasteiger partial charge in [0.05, 0.1) is 5.52 Å². The molecule has 1 amide bonds. The molecule has 0 atom stereocenters. The van der Waals surface area contributed by atoms with Gasteiger partial charge in [-0.05, 0) is 80.4 Å². The van der Waals surface area contributed by atoms with Gasteiger partial charge in [-0.2, -0.15) is 4.31 Å². The fourth-order valence-electron chi connectivity index (χ4n) is 7.28. The summed E-state index contributed by atoms with van der Waals surface area (Å²) >= 11 is 0. The number of hydrogen-bond donors (Lipinski definition) is 0. The Morgan fingerprint density at radius 2 is 1.62 bits per heavy atom. The molecule has 7 rings (SSSR count). The maximum absolute atomic E-state index is 13.5. The molecule has 6 nitrogen and oxygen atoms in total. The fraction of sp³-hybridized carbons (Fsp3) is 0.600.